The van der Waals surface area contributed by atoms with Crippen molar-refractivity contribution in [3.05, 3.63) is 54.1 Å². The molecule has 22 heavy (non-hydrogen) atoms. The van der Waals surface area contributed by atoms with Crippen LogP contribution in [0.3, 0.4) is 0 Å². The highest BCUT2D eigenvalue weighted by molar-refractivity contribution is 5.24. The van der Waals surface area contributed by atoms with E-state index in [9.17, 15) is 0 Å². The Kier molecular flexibility index (Phi) is 3.72. The van der Waals surface area contributed by atoms with Crippen molar-refractivity contribution in [2.45, 2.75) is 24.9 Å². The Morgan fingerprint density at radius 1 is 1.23 bits per heavy atom. The maximum absolute atomic E-state index is 4.14. The number of likely N-dealkylation sites (tertiary alicyclic amines) is 2. The molecule has 0 amide bonds. The van der Waals surface area contributed by atoms with Gasteiger partial charge in [-0.15, -0.1) is 0 Å². The second kappa shape index (κ2) is 5.86. The first-order valence-electron chi connectivity index (χ1n) is 8.26. The molecule has 4 heteroatoms. The van der Waals surface area contributed by atoms with E-state index in [2.05, 4.69) is 57.1 Å². The van der Waals surface area contributed by atoms with Crippen LogP contribution >= 0.6 is 0 Å². The molecule has 2 aliphatic rings. The van der Waals surface area contributed by atoms with E-state index in [1.54, 1.807) is 6.33 Å². The molecule has 0 bridgehead atoms. The van der Waals surface area contributed by atoms with Crippen molar-refractivity contribution >= 4 is 0 Å². The molecule has 4 nitrogen and oxygen atoms in total. The van der Waals surface area contributed by atoms with E-state index in [1.807, 2.05) is 6.20 Å². The number of imidazole rings is 1. The Bertz CT molecular complexity index is 595. The number of likely N-dealkylation sites (N-methyl/N-ethyl adjacent to an activating group) is 1. The van der Waals surface area contributed by atoms with Crippen molar-refractivity contribution in [2.24, 2.45) is 5.92 Å². The topological polar surface area (TPSA) is 35.2 Å². The number of aromatic nitrogens is 2. The molecular weight excluding hydrogens is 272 g/mol. The van der Waals surface area contributed by atoms with Gasteiger partial charge in [-0.2, -0.15) is 0 Å². The Morgan fingerprint density at radius 2 is 2.09 bits per heavy atom. The third-order valence-electron chi connectivity index (χ3n) is 5.45. The van der Waals surface area contributed by atoms with Gasteiger partial charge in [-0.05, 0) is 24.9 Å². The van der Waals surface area contributed by atoms with E-state index < -0.39 is 0 Å². The normalized spacial score (nSPS) is 29.6. The summed E-state index contributed by atoms with van der Waals surface area (Å²) in [5, 5.41) is 0. The second-order valence-corrected chi connectivity index (χ2v) is 6.79. The summed E-state index contributed by atoms with van der Waals surface area (Å²) >= 11 is 0. The van der Waals surface area contributed by atoms with Crippen LogP contribution in [-0.4, -0.2) is 52.5 Å². The number of aromatic amines is 1. The number of benzene rings is 1. The fourth-order valence-corrected chi connectivity index (χ4v) is 4.37. The molecule has 3 atom stereocenters. The number of hydrogen-bond donors (Lipinski definition) is 1. The molecular formula is C18H24N4. The molecule has 2 aliphatic heterocycles. The lowest BCUT2D eigenvalue weighted by atomic mass is 9.82. The van der Waals surface area contributed by atoms with Gasteiger partial charge in [-0.1, -0.05) is 30.3 Å². The van der Waals surface area contributed by atoms with Gasteiger partial charge in [0.25, 0.3) is 0 Å². The third-order valence-corrected chi connectivity index (χ3v) is 5.45. The lowest BCUT2D eigenvalue weighted by Crippen LogP contribution is -2.45. The van der Waals surface area contributed by atoms with E-state index in [0.29, 0.717) is 5.92 Å². The first kappa shape index (κ1) is 14.0. The van der Waals surface area contributed by atoms with Crippen LogP contribution in [0.25, 0.3) is 0 Å². The lowest BCUT2D eigenvalue weighted by Gasteiger charge is -2.38. The molecule has 1 aromatic heterocycles. The Morgan fingerprint density at radius 3 is 2.86 bits per heavy atom. The molecule has 3 heterocycles. The number of H-pyrrole nitrogens is 1. The van der Waals surface area contributed by atoms with Gasteiger partial charge in [0.1, 0.15) is 0 Å². The minimum Gasteiger partial charge on any atom is -0.347 e. The molecule has 2 aromatic rings. The van der Waals surface area contributed by atoms with Crippen molar-refractivity contribution in [1.29, 1.82) is 0 Å². The van der Waals surface area contributed by atoms with Crippen LogP contribution in [0.4, 0.5) is 0 Å². The third kappa shape index (κ3) is 2.57. The van der Waals surface area contributed by atoms with Gasteiger partial charge >= 0.3 is 0 Å². The first-order chi connectivity index (χ1) is 10.8. The Labute approximate surface area is 132 Å². The molecule has 116 valence electrons. The fraction of sp³-hybridized carbons (Fsp3) is 0.500. The SMILES string of the molecule is CN1C[C@H](c2ccccc2)[C@H]2CN(Cc3cnc[nH]3)CC[C@H]21. The first-order valence-corrected chi connectivity index (χ1v) is 8.26. The highest BCUT2D eigenvalue weighted by Gasteiger charge is 2.43. The van der Waals surface area contributed by atoms with Crippen molar-refractivity contribution in [3.63, 3.8) is 0 Å². The summed E-state index contributed by atoms with van der Waals surface area (Å²) in [6.45, 7) is 4.56. The van der Waals surface area contributed by atoms with Crippen LogP contribution in [0, 0.1) is 5.92 Å². The number of nitrogens with one attached hydrogen (secondary N) is 1. The summed E-state index contributed by atoms with van der Waals surface area (Å²) in [6.07, 6.45) is 5.00. The zero-order chi connectivity index (χ0) is 14.9. The van der Waals surface area contributed by atoms with Crippen LogP contribution in [0.15, 0.2) is 42.9 Å². The van der Waals surface area contributed by atoms with Crippen LogP contribution in [0.2, 0.25) is 0 Å². The molecule has 2 saturated heterocycles. The summed E-state index contributed by atoms with van der Waals surface area (Å²) in [6, 6.07) is 11.8. The Hall–Kier alpha value is -1.65. The molecule has 0 spiro atoms. The minimum atomic E-state index is 0.667. The summed E-state index contributed by atoms with van der Waals surface area (Å²) in [5.74, 6) is 1.41. The lowest BCUT2D eigenvalue weighted by molar-refractivity contribution is 0.114. The summed E-state index contributed by atoms with van der Waals surface area (Å²) in [5.41, 5.74) is 2.73. The number of rotatable bonds is 3. The quantitative estimate of drug-likeness (QED) is 0.944. The average Bonchev–Trinajstić information content (AvgIpc) is 3.17. The highest BCUT2D eigenvalue weighted by Crippen LogP contribution is 2.40. The summed E-state index contributed by atoms with van der Waals surface area (Å²) < 4.78 is 0. The smallest absolute Gasteiger partial charge is 0.0922 e. The maximum Gasteiger partial charge on any atom is 0.0922 e. The predicted molar refractivity (Wildman–Crippen MR) is 87.6 cm³/mol. The fourth-order valence-electron chi connectivity index (χ4n) is 4.37. The van der Waals surface area contributed by atoms with Gasteiger partial charge in [0.05, 0.1) is 6.33 Å². The van der Waals surface area contributed by atoms with Crippen molar-refractivity contribution < 1.29 is 0 Å². The summed E-state index contributed by atoms with van der Waals surface area (Å²) in [7, 11) is 2.30. The largest absolute Gasteiger partial charge is 0.347 e. The van der Waals surface area contributed by atoms with Crippen molar-refractivity contribution in [2.75, 3.05) is 26.7 Å². The molecule has 0 aliphatic carbocycles. The van der Waals surface area contributed by atoms with Gasteiger partial charge < -0.3 is 9.88 Å². The minimum absolute atomic E-state index is 0.667. The van der Waals surface area contributed by atoms with Gasteiger partial charge in [-0.25, -0.2) is 4.98 Å². The van der Waals surface area contributed by atoms with E-state index in [1.165, 1.54) is 37.3 Å². The molecule has 4 rings (SSSR count). The predicted octanol–water partition coefficient (Wildman–Crippen LogP) is 2.33. The van der Waals surface area contributed by atoms with Gasteiger partial charge in [0, 0.05) is 50.0 Å². The van der Waals surface area contributed by atoms with Gasteiger partial charge in [0.15, 0.2) is 0 Å². The van der Waals surface area contributed by atoms with Gasteiger partial charge in [0.2, 0.25) is 0 Å². The van der Waals surface area contributed by atoms with Crippen LogP contribution in [0.5, 0.6) is 0 Å². The zero-order valence-electron chi connectivity index (χ0n) is 13.2. The number of fused-ring (bicyclic) bond motifs is 1. The summed E-state index contributed by atoms with van der Waals surface area (Å²) in [4.78, 5) is 12.5. The molecule has 0 saturated carbocycles. The second-order valence-electron chi connectivity index (χ2n) is 6.79. The van der Waals surface area contributed by atoms with E-state index >= 15 is 0 Å². The van der Waals surface area contributed by atoms with Crippen molar-refractivity contribution in [3.8, 4) is 0 Å². The van der Waals surface area contributed by atoms with E-state index in [0.717, 1.165) is 18.5 Å². The van der Waals surface area contributed by atoms with Crippen LogP contribution < -0.4 is 0 Å². The molecule has 0 unspecified atom stereocenters. The average molecular weight is 296 g/mol. The van der Waals surface area contributed by atoms with Crippen LogP contribution in [-0.2, 0) is 6.54 Å². The standard InChI is InChI=1S/C18H24N4/c1-21-11-16(14-5-3-2-4-6-14)17-12-22(8-7-18(17)21)10-15-9-19-13-20-15/h2-6,9,13,16-18H,7-8,10-12H2,1H3,(H,19,20)/t16-,17-,18-/m1/s1. The highest BCUT2D eigenvalue weighted by atomic mass is 15.2. The molecule has 0 radical (unpaired) electrons. The Balaban J connectivity index is 1.51. The molecule has 2 fully saturated rings. The monoisotopic (exact) mass is 296 g/mol. The van der Waals surface area contributed by atoms with E-state index in [4.69, 9.17) is 0 Å². The van der Waals surface area contributed by atoms with Gasteiger partial charge in [-0.3, -0.25) is 4.90 Å². The number of piperidine rings is 1. The van der Waals surface area contributed by atoms with Crippen molar-refractivity contribution in [1.82, 2.24) is 19.8 Å². The van der Waals surface area contributed by atoms with E-state index in [-0.39, 0.29) is 0 Å². The maximum atomic E-state index is 4.14. The number of nitrogens with zero attached hydrogens (tertiary/aromatic N) is 3. The van der Waals surface area contributed by atoms with Crippen LogP contribution in [0.1, 0.15) is 23.6 Å². The zero-order valence-corrected chi connectivity index (χ0v) is 13.2. The number of hydrogen-bond acceptors (Lipinski definition) is 3. The molecule has 1 N–H and O–H groups in total. The molecule has 1 aromatic carbocycles.